The summed E-state index contributed by atoms with van der Waals surface area (Å²) in [6, 6.07) is 8.08. The summed E-state index contributed by atoms with van der Waals surface area (Å²) in [5.41, 5.74) is 5.15. The Bertz CT molecular complexity index is 1240. The van der Waals surface area contributed by atoms with Crippen LogP contribution in [-0.4, -0.2) is 38.6 Å². The standard InChI is InChI=1S/C26H31N5O2S/c1-6-7-8-9-10-23-29-31-24(27)20(25(32)28-26(31)34-23)15-19-14-17(3)30(18(19)4)21-13-16(2)11-12-22(21)33-5/h11-15,27H,6-10H2,1-5H3/b20-15+,27-24?. The van der Waals surface area contributed by atoms with Gasteiger partial charge in [-0.1, -0.05) is 32.3 Å². The fourth-order valence-electron chi connectivity index (χ4n) is 4.27. The maximum atomic E-state index is 12.9. The van der Waals surface area contributed by atoms with Gasteiger partial charge < -0.3 is 9.30 Å². The smallest absolute Gasteiger partial charge is 0.283 e. The van der Waals surface area contributed by atoms with Crippen molar-refractivity contribution >= 4 is 39.8 Å². The van der Waals surface area contributed by atoms with Crippen LogP contribution >= 0.6 is 11.8 Å². The zero-order valence-electron chi connectivity index (χ0n) is 20.4. The molecule has 178 valence electrons. The van der Waals surface area contributed by atoms with E-state index in [9.17, 15) is 4.79 Å². The Labute approximate surface area is 205 Å². The van der Waals surface area contributed by atoms with E-state index in [1.807, 2.05) is 39.0 Å². The van der Waals surface area contributed by atoms with Gasteiger partial charge in [-0.2, -0.15) is 15.1 Å². The van der Waals surface area contributed by atoms with Gasteiger partial charge in [0.25, 0.3) is 5.91 Å². The minimum Gasteiger partial charge on any atom is -0.495 e. The van der Waals surface area contributed by atoms with Crippen molar-refractivity contribution in [2.45, 2.75) is 59.8 Å². The fourth-order valence-corrected chi connectivity index (χ4v) is 5.20. The first-order valence-electron chi connectivity index (χ1n) is 11.7. The van der Waals surface area contributed by atoms with Gasteiger partial charge in [0.05, 0.1) is 18.4 Å². The SMILES string of the molecule is CCCCCCC1=NN2C(=N)/C(=C\c3cc(C)n(-c4cc(C)ccc4OC)c3C)C(=O)N=C2S1. The maximum Gasteiger partial charge on any atom is 0.283 e. The van der Waals surface area contributed by atoms with Crippen molar-refractivity contribution < 1.29 is 9.53 Å². The summed E-state index contributed by atoms with van der Waals surface area (Å²) in [4.78, 5) is 17.1. The highest BCUT2D eigenvalue weighted by Gasteiger charge is 2.35. The lowest BCUT2D eigenvalue weighted by Gasteiger charge is -2.20. The number of methoxy groups -OCH3 is 1. The molecule has 1 aromatic heterocycles. The highest BCUT2D eigenvalue weighted by molar-refractivity contribution is 8.26. The van der Waals surface area contributed by atoms with Crippen molar-refractivity contribution in [1.82, 2.24) is 9.58 Å². The molecule has 2 aromatic rings. The molecular formula is C26H31N5O2S. The average molecular weight is 478 g/mol. The molecule has 1 N–H and O–H groups in total. The average Bonchev–Trinajstić information content (AvgIpc) is 3.33. The number of unbranched alkanes of at least 4 members (excludes halogenated alkanes) is 3. The number of hydrogen-bond donors (Lipinski definition) is 1. The van der Waals surface area contributed by atoms with E-state index >= 15 is 0 Å². The van der Waals surface area contributed by atoms with Crippen LogP contribution in [0.5, 0.6) is 5.75 Å². The summed E-state index contributed by atoms with van der Waals surface area (Å²) >= 11 is 1.40. The lowest BCUT2D eigenvalue weighted by atomic mass is 10.1. The van der Waals surface area contributed by atoms with Gasteiger partial charge in [0.1, 0.15) is 10.8 Å². The first-order chi connectivity index (χ1) is 16.3. The predicted octanol–water partition coefficient (Wildman–Crippen LogP) is 6.00. The highest BCUT2D eigenvalue weighted by atomic mass is 32.2. The summed E-state index contributed by atoms with van der Waals surface area (Å²) in [7, 11) is 1.66. The lowest BCUT2D eigenvalue weighted by molar-refractivity contribution is -0.114. The second-order valence-corrected chi connectivity index (χ2v) is 9.70. The summed E-state index contributed by atoms with van der Waals surface area (Å²) in [5, 5.41) is 16.2. The Morgan fingerprint density at radius 2 is 1.94 bits per heavy atom. The number of amides is 1. The normalized spacial score (nSPS) is 16.7. The number of aromatic nitrogens is 1. The number of nitrogens with one attached hydrogen (secondary N) is 1. The third kappa shape index (κ3) is 4.59. The van der Waals surface area contributed by atoms with Crippen molar-refractivity contribution in [1.29, 1.82) is 5.41 Å². The van der Waals surface area contributed by atoms with Crippen molar-refractivity contribution in [3.8, 4) is 11.4 Å². The Hall–Kier alpha value is -3.13. The number of nitrogens with zero attached hydrogens (tertiary/aromatic N) is 4. The molecule has 0 fully saturated rings. The minimum atomic E-state index is -0.399. The number of hydrogen-bond acceptors (Lipinski definition) is 5. The second-order valence-electron chi connectivity index (χ2n) is 8.66. The molecule has 8 heteroatoms. The van der Waals surface area contributed by atoms with Crippen molar-refractivity contribution in [2.75, 3.05) is 7.11 Å². The zero-order chi connectivity index (χ0) is 24.4. The molecule has 3 heterocycles. The van der Waals surface area contributed by atoms with Crippen LogP contribution in [0.15, 0.2) is 39.9 Å². The number of aryl methyl sites for hydroxylation is 2. The lowest BCUT2D eigenvalue weighted by Crippen LogP contribution is -2.35. The summed E-state index contributed by atoms with van der Waals surface area (Å²) in [6.45, 7) is 8.26. The monoisotopic (exact) mass is 477 g/mol. The van der Waals surface area contributed by atoms with Crippen molar-refractivity contribution in [2.24, 2.45) is 10.1 Å². The number of benzene rings is 1. The quantitative estimate of drug-likeness (QED) is 0.373. The summed E-state index contributed by atoms with van der Waals surface area (Å²) in [6.07, 6.45) is 7.20. The molecule has 1 aromatic carbocycles. The van der Waals surface area contributed by atoms with Gasteiger partial charge in [-0.05, 0) is 80.8 Å². The van der Waals surface area contributed by atoms with Crippen molar-refractivity contribution in [3.05, 3.63) is 52.4 Å². The molecule has 1 amide bonds. The van der Waals surface area contributed by atoms with Gasteiger partial charge in [-0.15, -0.1) is 0 Å². The van der Waals surface area contributed by atoms with Crippen LogP contribution in [0.1, 0.15) is 61.5 Å². The van der Waals surface area contributed by atoms with E-state index in [2.05, 4.69) is 27.7 Å². The molecule has 4 rings (SSSR count). The first-order valence-corrected chi connectivity index (χ1v) is 12.5. The number of fused-ring (bicyclic) bond motifs is 1. The van der Waals surface area contributed by atoms with Crippen LogP contribution < -0.4 is 4.74 Å². The topological polar surface area (TPSA) is 83.0 Å². The molecule has 0 aliphatic carbocycles. The molecule has 2 aliphatic heterocycles. The number of carbonyl (C=O) groups excluding carboxylic acids is 1. The minimum absolute atomic E-state index is 0.0731. The van der Waals surface area contributed by atoms with Crippen LogP contribution in [0.2, 0.25) is 0 Å². The third-order valence-electron chi connectivity index (χ3n) is 6.09. The van der Waals surface area contributed by atoms with Crippen molar-refractivity contribution in [3.63, 3.8) is 0 Å². The van der Waals surface area contributed by atoms with E-state index in [0.29, 0.717) is 5.17 Å². The van der Waals surface area contributed by atoms with Crippen LogP contribution in [0.3, 0.4) is 0 Å². The zero-order valence-corrected chi connectivity index (χ0v) is 21.3. The second kappa shape index (κ2) is 10.0. The molecule has 34 heavy (non-hydrogen) atoms. The Morgan fingerprint density at radius 3 is 2.68 bits per heavy atom. The van der Waals surface area contributed by atoms with Gasteiger partial charge in [0.15, 0.2) is 5.84 Å². The van der Waals surface area contributed by atoms with Crippen LogP contribution in [0.25, 0.3) is 11.8 Å². The van der Waals surface area contributed by atoms with Crippen LogP contribution in [-0.2, 0) is 4.79 Å². The van der Waals surface area contributed by atoms with E-state index < -0.39 is 5.91 Å². The predicted molar refractivity (Wildman–Crippen MR) is 140 cm³/mol. The van der Waals surface area contributed by atoms with Gasteiger partial charge in [-0.3, -0.25) is 10.2 Å². The van der Waals surface area contributed by atoms with Crippen LogP contribution in [0.4, 0.5) is 0 Å². The molecule has 0 saturated carbocycles. The number of rotatable bonds is 8. The Balaban J connectivity index is 1.64. The van der Waals surface area contributed by atoms with Gasteiger partial charge in [-0.25, -0.2) is 0 Å². The summed E-state index contributed by atoms with van der Waals surface area (Å²) < 4.78 is 7.70. The fraction of sp³-hybridized carbons (Fsp3) is 0.385. The highest BCUT2D eigenvalue weighted by Crippen LogP contribution is 2.33. The van der Waals surface area contributed by atoms with E-state index in [-0.39, 0.29) is 11.4 Å². The molecule has 0 unspecified atom stereocenters. The number of thioether (sulfide) groups is 1. The van der Waals surface area contributed by atoms with Gasteiger partial charge in [0, 0.05) is 11.4 Å². The largest absolute Gasteiger partial charge is 0.495 e. The van der Waals surface area contributed by atoms with E-state index in [0.717, 1.165) is 58.3 Å². The van der Waals surface area contributed by atoms with Crippen LogP contribution in [0, 0.1) is 26.2 Å². The molecule has 0 atom stereocenters. The Morgan fingerprint density at radius 1 is 1.15 bits per heavy atom. The summed E-state index contributed by atoms with van der Waals surface area (Å²) in [5.74, 6) is 0.449. The first kappa shape index (κ1) is 24.0. The van der Waals surface area contributed by atoms with E-state index in [4.69, 9.17) is 10.1 Å². The number of carbonyl (C=O) groups is 1. The Kier molecular flexibility index (Phi) is 7.07. The molecule has 0 saturated heterocycles. The van der Waals surface area contributed by atoms with E-state index in [1.54, 1.807) is 13.2 Å². The van der Waals surface area contributed by atoms with Gasteiger partial charge >= 0.3 is 0 Å². The molecule has 7 nitrogen and oxygen atoms in total. The molecule has 0 spiro atoms. The molecule has 0 bridgehead atoms. The third-order valence-corrected chi connectivity index (χ3v) is 7.05. The number of aliphatic imine (C=N–C) groups is 1. The molecule has 2 aliphatic rings. The molecular weight excluding hydrogens is 446 g/mol. The van der Waals surface area contributed by atoms with Gasteiger partial charge in [0.2, 0.25) is 5.17 Å². The number of amidine groups is 2. The molecule has 0 radical (unpaired) electrons. The number of hydrazone groups is 1. The van der Waals surface area contributed by atoms with E-state index in [1.165, 1.54) is 29.6 Å². The maximum absolute atomic E-state index is 12.9. The number of ether oxygens (including phenoxy) is 1.